The molecule has 154 valence electrons. The maximum Gasteiger partial charge on any atom is 0.331 e. The first-order valence-electron chi connectivity index (χ1n) is 9.27. The Morgan fingerprint density at radius 2 is 2.00 bits per heavy atom. The third-order valence-corrected chi connectivity index (χ3v) is 5.98. The van der Waals surface area contributed by atoms with E-state index in [9.17, 15) is 14.4 Å². The molecule has 0 saturated carbocycles. The summed E-state index contributed by atoms with van der Waals surface area (Å²) in [6.45, 7) is 1.44. The van der Waals surface area contributed by atoms with E-state index < -0.39 is 5.97 Å². The fourth-order valence-electron chi connectivity index (χ4n) is 3.06. The van der Waals surface area contributed by atoms with Crippen molar-refractivity contribution >= 4 is 29.7 Å². The summed E-state index contributed by atoms with van der Waals surface area (Å²) in [6, 6.07) is 0.415. The number of ether oxygens (including phenoxy) is 3. The van der Waals surface area contributed by atoms with Crippen molar-refractivity contribution in [3.8, 4) is 0 Å². The lowest BCUT2D eigenvalue weighted by Gasteiger charge is -2.16. The number of unbranched alkanes of at least 4 members (excludes halogenated alkanes) is 1. The predicted molar refractivity (Wildman–Crippen MR) is 101 cm³/mol. The summed E-state index contributed by atoms with van der Waals surface area (Å²) in [4.78, 5) is 33.9. The van der Waals surface area contributed by atoms with Crippen molar-refractivity contribution in [2.75, 3.05) is 45.8 Å². The van der Waals surface area contributed by atoms with Gasteiger partial charge in [-0.2, -0.15) is 11.8 Å². The molecule has 27 heavy (non-hydrogen) atoms. The van der Waals surface area contributed by atoms with Crippen LogP contribution in [-0.2, 0) is 23.8 Å². The number of carbonyl (C=O) groups excluding carboxylic acids is 3. The van der Waals surface area contributed by atoms with Crippen LogP contribution in [0.15, 0.2) is 0 Å². The summed E-state index contributed by atoms with van der Waals surface area (Å²) < 4.78 is 14.8. The zero-order chi connectivity index (χ0) is 19.5. The third-order valence-electron chi connectivity index (χ3n) is 4.47. The molecule has 0 spiro atoms. The molecule has 0 unspecified atom stereocenters. The van der Waals surface area contributed by atoms with Gasteiger partial charge in [0.25, 0.3) is 0 Å². The largest absolute Gasteiger partial charge is 0.467 e. The number of hydrogen-bond donors (Lipinski definition) is 3. The summed E-state index contributed by atoms with van der Waals surface area (Å²) in [6.07, 6.45) is 3.32. The van der Waals surface area contributed by atoms with Gasteiger partial charge >= 0.3 is 12.0 Å². The number of methoxy groups -OCH3 is 1. The number of rotatable bonds is 13. The normalized spacial score (nSPS) is 23.4. The van der Waals surface area contributed by atoms with Crippen molar-refractivity contribution in [2.24, 2.45) is 0 Å². The highest BCUT2D eigenvalue weighted by Crippen LogP contribution is 2.33. The number of thioether (sulfide) groups is 1. The fraction of sp³-hybridized carbons (Fsp3) is 0.824. The average Bonchev–Trinajstić information content (AvgIpc) is 3.20. The van der Waals surface area contributed by atoms with E-state index in [1.54, 1.807) is 0 Å². The van der Waals surface area contributed by atoms with Gasteiger partial charge in [-0.1, -0.05) is 6.42 Å². The number of amides is 3. The Kier molecular flexibility index (Phi) is 9.71. The highest BCUT2D eigenvalue weighted by Gasteiger charge is 2.42. The molecule has 10 heteroatoms. The van der Waals surface area contributed by atoms with Crippen LogP contribution in [0.2, 0.25) is 0 Å². The number of fused-ring (bicyclic) bond motifs is 1. The molecule has 0 aliphatic carbocycles. The molecule has 3 atom stereocenters. The summed E-state index contributed by atoms with van der Waals surface area (Å²) >= 11 is 1.89. The average molecular weight is 404 g/mol. The van der Waals surface area contributed by atoms with E-state index in [-0.39, 0.29) is 30.6 Å². The maximum atomic E-state index is 11.8. The minimum atomic E-state index is -0.418. The van der Waals surface area contributed by atoms with Crippen LogP contribution < -0.4 is 16.0 Å². The monoisotopic (exact) mass is 403 g/mol. The van der Waals surface area contributed by atoms with Crippen LogP contribution in [0.1, 0.15) is 25.7 Å². The van der Waals surface area contributed by atoms with E-state index in [1.807, 2.05) is 11.8 Å². The second kappa shape index (κ2) is 12.0. The molecule has 0 aromatic heterocycles. The molecule has 0 aromatic carbocycles. The molecule has 0 radical (unpaired) electrons. The Labute approximate surface area is 163 Å². The van der Waals surface area contributed by atoms with Crippen molar-refractivity contribution in [1.82, 2.24) is 16.0 Å². The van der Waals surface area contributed by atoms with Crippen molar-refractivity contribution in [2.45, 2.75) is 43.0 Å². The highest BCUT2D eigenvalue weighted by molar-refractivity contribution is 8.00. The van der Waals surface area contributed by atoms with Crippen LogP contribution in [0.3, 0.4) is 0 Å². The number of carbonyl (C=O) groups is 3. The third kappa shape index (κ3) is 7.94. The summed E-state index contributed by atoms with van der Waals surface area (Å²) in [5.74, 6) is 0.564. The van der Waals surface area contributed by atoms with Gasteiger partial charge < -0.3 is 30.2 Å². The molecule has 3 amide bonds. The first-order valence-corrected chi connectivity index (χ1v) is 10.3. The standard InChI is InChI=1S/C17H29N3O6S/c1-24-15(22)10-26-9-8-25-7-6-18-14(21)5-3-2-4-13-16-12(11-27-13)19-17(23)20-16/h12-13,16H,2-11H2,1H3,(H,18,21)(H2,19,20,23)/t12-,13-,16-/m0/s1. The van der Waals surface area contributed by atoms with Gasteiger partial charge in [0.05, 0.1) is 39.0 Å². The molecule has 2 fully saturated rings. The first-order chi connectivity index (χ1) is 13.1. The smallest absolute Gasteiger partial charge is 0.331 e. The van der Waals surface area contributed by atoms with Gasteiger partial charge in [0.1, 0.15) is 6.61 Å². The quantitative estimate of drug-likeness (QED) is 0.226. The van der Waals surface area contributed by atoms with Crippen LogP contribution in [0.5, 0.6) is 0 Å². The van der Waals surface area contributed by atoms with E-state index >= 15 is 0 Å². The van der Waals surface area contributed by atoms with E-state index in [0.717, 1.165) is 25.0 Å². The Bertz CT molecular complexity index is 507. The number of urea groups is 1. The molecule has 0 aromatic rings. The summed E-state index contributed by atoms with van der Waals surface area (Å²) in [5, 5.41) is 9.17. The van der Waals surface area contributed by atoms with Gasteiger partial charge in [0, 0.05) is 24.0 Å². The van der Waals surface area contributed by atoms with Gasteiger partial charge in [0.15, 0.2) is 0 Å². The van der Waals surface area contributed by atoms with Crippen LogP contribution in [0.25, 0.3) is 0 Å². The Morgan fingerprint density at radius 1 is 1.19 bits per heavy atom. The van der Waals surface area contributed by atoms with Crippen LogP contribution in [0.4, 0.5) is 4.79 Å². The van der Waals surface area contributed by atoms with E-state index in [0.29, 0.717) is 38.0 Å². The minimum absolute atomic E-state index is 0.0216. The Balaban J connectivity index is 1.39. The molecular formula is C17H29N3O6S. The molecule has 9 nitrogen and oxygen atoms in total. The highest BCUT2D eigenvalue weighted by atomic mass is 32.2. The van der Waals surface area contributed by atoms with Gasteiger partial charge in [-0.05, 0) is 12.8 Å². The van der Waals surface area contributed by atoms with Gasteiger partial charge in [-0.3, -0.25) is 4.79 Å². The van der Waals surface area contributed by atoms with Crippen molar-refractivity contribution in [3.63, 3.8) is 0 Å². The maximum absolute atomic E-state index is 11.8. The van der Waals surface area contributed by atoms with E-state index in [2.05, 4.69) is 20.7 Å². The topological polar surface area (TPSA) is 115 Å². The molecular weight excluding hydrogens is 374 g/mol. The van der Waals surface area contributed by atoms with E-state index in [1.165, 1.54) is 7.11 Å². The molecule has 3 N–H and O–H groups in total. The first kappa shape index (κ1) is 21.8. The summed E-state index contributed by atoms with van der Waals surface area (Å²) in [7, 11) is 1.31. The molecule has 2 aliphatic heterocycles. The zero-order valence-electron chi connectivity index (χ0n) is 15.7. The lowest BCUT2D eigenvalue weighted by Crippen LogP contribution is -2.36. The van der Waals surface area contributed by atoms with Crippen LogP contribution in [0, 0.1) is 0 Å². The lowest BCUT2D eigenvalue weighted by molar-refractivity contribution is -0.146. The van der Waals surface area contributed by atoms with E-state index in [4.69, 9.17) is 9.47 Å². The molecule has 2 rings (SSSR count). The minimum Gasteiger partial charge on any atom is -0.467 e. The molecule has 2 aliphatic rings. The van der Waals surface area contributed by atoms with Crippen LogP contribution >= 0.6 is 11.8 Å². The second-order valence-corrected chi connectivity index (χ2v) is 7.73. The van der Waals surface area contributed by atoms with Gasteiger partial charge in [0.2, 0.25) is 5.91 Å². The predicted octanol–water partition coefficient (Wildman–Crippen LogP) is 0.0346. The number of esters is 1. The number of hydrogen-bond acceptors (Lipinski definition) is 7. The van der Waals surface area contributed by atoms with Crippen molar-refractivity contribution in [1.29, 1.82) is 0 Å². The number of nitrogens with one attached hydrogen (secondary N) is 3. The summed E-state index contributed by atoms with van der Waals surface area (Å²) in [5.41, 5.74) is 0. The van der Waals surface area contributed by atoms with Crippen molar-refractivity contribution < 1.29 is 28.6 Å². The fourth-order valence-corrected chi connectivity index (χ4v) is 4.60. The van der Waals surface area contributed by atoms with Crippen LogP contribution in [-0.4, -0.2) is 81.1 Å². The Hall–Kier alpha value is -1.52. The zero-order valence-corrected chi connectivity index (χ0v) is 16.5. The van der Waals surface area contributed by atoms with Gasteiger partial charge in [-0.15, -0.1) is 0 Å². The van der Waals surface area contributed by atoms with Gasteiger partial charge in [-0.25, -0.2) is 9.59 Å². The lowest BCUT2D eigenvalue weighted by atomic mass is 10.0. The Morgan fingerprint density at radius 3 is 2.81 bits per heavy atom. The molecule has 2 saturated heterocycles. The SMILES string of the molecule is COC(=O)COCCOCCNC(=O)CCCC[C@@H]1SC[C@@H]2NC(=O)N[C@@H]21. The second-order valence-electron chi connectivity index (χ2n) is 6.46. The molecule has 0 bridgehead atoms. The van der Waals surface area contributed by atoms with Crippen molar-refractivity contribution in [3.05, 3.63) is 0 Å². The molecule has 2 heterocycles.